The average molecular weight is 396 g/mol. The molecule has 6 nitrogen and oxygen atoms in total. The molecule has 0 aliphatic heterocycles. The summed E-state index contributed by atoms with van der Waals surface area (Å²) in [6, 6.07) is 14.4. The van der Waals surface area contributed by atoms with E-state index in [4.69, 9.17) is 9.47 Å². The number of carbonyl (C=O) groups is 2. The number of hydrogen-bond acceptors (Lipinski definition) is 4. The molecule has 0 fully saturated rings. The molecule has 0 heterocycles. The minimum absolute atomic E-state index is 0.176. The standard InChI is InChI=1S/C23H28N2O4/c1-17-7-5-6-8-21(17)29-16-15-25(3)23(27)18(2)24-22(26)14-11-19-9-12-20(28-4)13-10-19/h5-14,18H,15-16H2,1-4H3,(H,24,26)/b14-11+/t18-/m0/s1. The fraction of sp³-hybridized carbons (Fsp3) is 0.304. The molecule has 0 saturated heterocycles. The molecule has 2 aromatic carbocycles. The lowest BCUT2D eigenvalue weighted by Gasteiger charge is -2.22. The molecule has 1 N–H and O–H groups in total. The van der Waals surface area contributed by atoms with Crippen molar-refractivity contribution in [1.82, 2.24) is 10.2 Å². The summed E-state index contributed by atoms with van der Waals surface area (Å²) in [7, 11) is 3.29. The van der Waals surface area contributed by atoms with Gasteiger partial charge in [0.15, 0.2) is 0 Å². The zero-order valence-corrected chi connectivity index (χ0v) is 17.3. The van der Waals surface area contributed by atoms with Gasteiger partial charge in [-0.15, -0.1) is 0 Å². The minimum Gasteiger partial charge on any atom is -0.497 e. The molecule has 6 heteroatoms. The molecule has 2 aromatic rings. The Bertz CT molecular complexity index is 846. The maximum absolute atomic E-state index is 12.5. The van der Waals surface area contributed by atoms with Gasteiger partial charge in [0, 0.05) is 13.1 Å². The van der Waals surface area contributed by atoms with Gasteiger partial charge >= 0.3 is 0 Å². The number of hydrogen-bond donors (Lipinski definition) is 1. The zero-order chi connectivity index (χ0) is 21.2. The van der Waals surface area contributed by atoms with Crippen molar-refractivity contribution in [3.05, 3.63) is 65.7 Å². The molecule has 29 heavy (non-hydrogen) atoms. The number of nitrogens with zero attached hydrogens (tertiary/aromatic N) is 1. The lowest BCUT2D eigenvalue weighted by Crippen LogP contribution is -2.46. The van der Waals surface area contributed by atoms with Crippen molar-refractivity contribution in [2.24, 2.45) is 0 Å². The molecule has 0 bridgehead atoms. The summed E-state index contributed by atoms with van der Waals surface area (Å²) in [4.78, 5) is 26.1. The summed E-state index contributed by atoms with van der Waals surface area (Å²) in [6.07, 6.45) is 3.10. The minimum atomic E-state index is -0.633. The molecule has 154 valence electrons. The van der Waals surface area contributed by atoms with Crippen LogP contribution in [0.25, 0.3) is 6.08 Å². The summed E-state index contributed by atoms with van der Waals surface area (Å²) in [6.45, 7) is 4.45. The van der Waals surface area contributed by atoms with Crippen molar-refractivity contribution < 1.29 is 19.1 Å². The molecule has 2 amide bonds. The SMILES string of the molecule is COc1ccc(/C=C/C(=O)N[C@@H](C)C(=O)N(C)CCOc2ccccc2C)cc1. The van der Waals surface area contributed by atoms with Crippen LogP contribution in [-0.4, -0.2) is 50.1 Å². The topological polar surface area (TPSA) is 67.9 Å². The van der Waals surface area contributed by atoms with E-state index >= 15 is 0 Å². The number of methoxy groups -OCH3 is 1. The molecular formula is C23H28N2O4. The van der Waals surface area contributed by atoms with Crippen LogP contribution in [0.4, 0.5) is 0 Å². The number of likely N-dealkylation sites (N-methyl/N-ethyl adjacent to an activating group) is 1. The Morgan fingerprint density at radius 2 is 1.83 bits per heavy atom. The second-order valence-corrected chi connectivity index (χ2v) is 6.71. The Balaban J connectivity index is 1.78. The van der Waals surface area contributed by atoms with E-state index in [2.05, 4.69) is 5.32 Å². The molecular weight excluding hydrogens is 368 g/mol. The lowest BCUT2D eigenvalue weighted by atomic mass is 10.2. The van der Waals surface area contributed by atoms with Gasteiger partial charge in [-0.1, -0.05) is 30.3 Å². The van der Waals surface area contributed by atoms with Gasteiger partial charge in [-0.25, -0.2) is 0 Å². The van der Waals surface area contributed by atoms with Crippen LogP contribution in [-0.2, 0) is 9.59 Å². The number of carbonyl (C=O) groups excluding carboxylic acids is 2. The third kappa shape index (κ3) is 6.99. The molecule has 0 aromatic heterocycles. The quantitative estimate of drug-likeness (QED) is 0.662. The number of para-hydroxylation sites is 1. The highest BCUT2D eigenvalue weighted by Gasteiger charge is 2.18. The van der Waals surface area contributed by atoms with Crippen LogP contribution in [0.3, 0.4) is 0 Å². The van der Waals surface area contributed by atoms with E-state index < -0.39 is 6.04 Å². The second kappa shape index (κ2) is 10.9. The monoisotopic (exact) mass is 396 g/mol. The molecule has 0 radical (unpaired) electrons. The van der Waals surface area contributed by atoms with Crippen LogP contribution in [0.2, 0.25) is 0 Å². The molecule has 1 atom stereocenters. The largest absolute Gasteiger partial charge is 0.497 e. The summed E-state index contributed by atoms with van der Waals surface area (Å²) in [5.74, 6) is 1.05. The Labute approximate surface area is 172 Å². The molecule has 0 aliphatic carbocycles. The maximum Gasteiger partial charge on any atom is 0.244 e. The lowest BCUT2D eigenvalue weighted by molar-refractivity contribution is -0.134. The molecule has 0 aliphatic rings. The maximum atomic E-state index is 12.5. The normalized spacial score (nSPS) is 11.7. The van der Waals surface area contributed by atoms with Crippen LogP contribution in [0.15, 0.2) is 54.6 Å². The van der Waals surface area contributed by atoms with Gasteiger partial charge in [0.1, 0.15) is 24.1 Å². The second-order valence-electron chi connectivity index (χ2n) is 6.71. The van der Waals surface area contributed by atoms with E-state index in [0.717, 1.165) is 22.6 Å². The first-order chi connectivity index (χ1) is 13.9. The zero-order valence-electron chi connectivity index (χ0n) is 17.3. The Morgan fingerprint density at radius 1 is 1.14 bits per heavy atom. The molecule has 0 unspecified atom stereocenters. The van der Waals surface area contributed by atoms with Gasteiger partial charge in [-0.2, -0.15) is 0 Å². The fourth-order valence-electron chi connectivity index (χ4n) is 2.66. The van der Waals surface area contributed by atoms with Gasteiger partial charge in [0.25, 0.3) is 0 Å². The third-order valence-corrected chi connectivity index (χ3v) is 4.43. The van der Waals surface area contributed by atoms with Crippen LogP contribution in [0, 0.1) is 6.92 Å². The smallest absolute Gasteiger partial charge is 0.244 e. The van der Waals surface area contributed by atoms with E-state index in [-0.39, 0.29) is 11.8 Å². The van der Waals surface area contributed by atoms with Crippen LogP contribution in [0.1, 0.15) is 18.1 Å². The number of nitrogens with one attached hydrogen (secondary N) is 1. The third-order valence-electron chi connectivity index (χ3n) is 4.43. The molecule has 0 saturated carbocycles. The Morgan fingerprint density at radius 3 is 2.48 bits per heavy atom. The van der Waals surface area contributed by atoms with E-state index in [1.807, 2.05) is 55.5 Å². The van der Waals surface area contributed by atoms with E-state index in [9.17, 15) is 9.59 Å². The van der Waals surface area contributed by atoms with Crippen molar-refractivity contribution >= 4 is 17.9 Å². The highest BCUT2D eigenvalue weighted by atomic mass is 16.5. The first-order valence-corrected chi connectivity index (χ1v) is 9.46. The highest BCUT2D eigenvalue weighted by Crippen LogP contribution is 2.16. The van der Waals surface area contributed by atoms with Gasteiger partial charge in [-0.3, -0.25) is 9.59 Å². The van der Waals surface area contributed by atoms with Crippen molar-refractivity contribution in [3.8, 4) is 11.5 Å². The predicted molar refractivity (Wildman–Crippen MR) is 114 cm³/mol. The van der Waals surface area contributed by atoms with Gasteiger partial charge < -0.3 is 19.7 Å². The van der Waals surface area contributed by atoms with Gasteiger partial charge in [0.05, 0.1) is 13.7 Å². The van der Waals surface area contributed by atoms with Gasteiger partial charge in [-0.05, 0) is 49.2 Å². The summed E-state index contributed by atoms with van der Waals surface area (Å²) < 4.78 is 10.8. The Hall–Kier alpha value is -3.28. The number of ether oxygens (including phenoxy) is 2. The van der Waals surface area contributed by atoms with Gasteiger partial charge in [0.2, 0.25) is 11.8 Å². The van der Waals surface area contributed by atoms with Crippen molar-refractivity contribution in [2.45, 2.75) is 19.9 Å². The molecule has 0 spiro atoms. The Kier molecular flexibility index (Phi) is 8.27. The van der Waals surface area contributed by atoms with Crippen molar-refractivity contribution in [1.29, 1.82) is 0 Å². The number of aryl methyl sites for hydroxylation is 1. The van der Waals surface area contributed by atoms with Crippen LogP contribution in [0.5, 0.6) is 11.5 Å². The van der Waals surface area contributed by atoms with Crippen LogP contribution < -0.4 is 14.8 Å². The highest BCUT2D eigenvalue weighted by molar-refractivity contribution is 5.95. The average Bonchev–Trinajstić information content (AvgIpc) is 2.73. The van der Waals surface area contributed by atoms with Crippen LogP contribution >= 0.6 is 0 Å². The molecule has 2 rings (SSSR count). The first kappa shape index (κ1) is 22.0. The van der Waals surface area contributed by atoms with E-state index in [0.29, 0.717) is 13.2 Å². The predicted octanol–water partition coefficient (Wildman–Crippen LogP) is 3.06. The fourth-order valence-corrected chi connectivity index (χ4v) is 2.66. The summed E-state index contributed by atoms with van der Waals surface area (Å²) in [5.41, 5.74) is 1.91. The number of amides is 2. The number of benzene rings is 2. The van der Waals surface area contributed by atoms with E-state index in [1.54, 1.807) is 32.1 Å². The van der Waals surface area contributed by atoms with Crippen molar-refractivity contribution in [2.75, 3.05) is 27.3 Å². The summed E-state index contributed by atoms with van der Waals surface area (Å²) >= 11 is 0. The first-order valence-electron chi connectivity index (χ1n) is 9.46. The summed E-state index contributed by atoms with van der Waals surface area (Å²) in [5, 5.41) is 2.69. The number of rotatable bonds is 9. The van der Waals surface area contributed by atoms with Crippen molar-refractivity contribution in [3.63, 3.8) is 0 Å². The van der Waals surface area contributed by atoms with E-state index in [1.165, 1.54) is 6.08 Å².